The molecular weight excluding hydrogens is 1060 g/mol. The van der Waals surface area contributed by atoms with Gasteiger partial charge in [0.25, 0.3) is 0 Å². The first-order valence-corrected chi connectivity index (χ1v) is 24.6. The molecule has 0 aromatic carbocycles. The third kappa shape index (κ3) is 138. The van der Waals surface area contributed by atoms with Gasteiger partial charge in [0.15, 0.2) is 31.8 Å². The molecule has 0 rings (SSSR count). The summed E-state index contributed by atoms with van der Waals surface area (Å²) >= 11 is 3.08. The van der Waals surface area contributed by atoms with Crippen LogP contribution in [0.5, 0.6) is 0 Å². The van der Waals surface area contributed by atoms with Crippen LogP contribution in [0.25, 0.3) is 0 Å². The third-order valence-corrected chi connectivity index (χ3v) is 6.26. The Labute approximate surface area is 453 Å². The van der Waals surface area contributed by atoms with Crippen molar-refractivity contribution in [3.8, 4) is 0 Å². The van der Waals surface area contributed by atoms with Gasteiger partial charge in [-0.25, -0.2) is 4.79 Å². The van der Waals surface area contributed by atoms with E-state index in [1.807, 2.05) is 20.1 Å². The maximum absolute atomic E-state index is 10.6. The van der Waals surface area contributed by atoms with E-state index in [0.29, 0.717) is 24.9 Å². The monoisotopic (exact) mass is 1150 g/mol. The van der Waals surface area contributed by atoms with Gasteiger partial charge in [-0.2, -0.15) is 0 Å². The van der Waals surface area contributed by atoms with Gasteiger partial charge in [0.2, 0.25) is 6.79 Å². The third-order valence-electron chi connectivity index (χ3n) is 5.21. The average Bonchev–Trinajstić information content (AvgIpc) is 3.32. The second-order valence-corrected chi connectivity index (χ2v) is 14.3. The molecule has 0 saturated carbocycles. The lowest BCUT2D eigenvalue weighted by Crippen LogP contribution is -2.13. The molecule has 0 radical (unpaired) electrons. The molecule has 0 aliphatic carbocycles. The molecule has 0 amide bonds. The summed E-state index contributed by atoms with van der Waals surface area (Å²) in [7, 11) is 2.69. The number of esters is 12. The number of hydrogen-bond acceptors (Lipinski definition) is 30. The van der Waals surface area contributed by atoms with E-state index in [-0.39, 0.29) is 95.3 Å². The van der Waals surface area contributed by atoms with Crippen molar-refractivity contribution in [3.63, 3.8) is 0 Å². The predicted molar refractivity (Wildman–Crippen MR) is 271 cm³/mol. The summed E-state index contributed by atoms with van der Waals surface area (Å²) in [6, 6.07) is 0. The highest BCUT2D eigenvalue weighted by Crippen LogP contribution is 1.97. The Hall–Kier alpha value is -6.40. The van der Waals surface area contributed by atoms with Crippen LogP contribution in [0.1, 0.15) is 117 Å². The Kier molecular flexibility index (Phi) is 85.5. The number of Topliss-reactive ketones (excluding diaryl/α,β-unsaturated/α-hetero) is 2. The molecule has 0 N–H and O–H groups in total. The molecule has 0 spiro atoms. The normalized spacial score (nSPS) is 8.50. The van der Waals surface area contributed by atoms with Gasteiger partial charge in [-0.1, -0.05) is 13.8 Å². The molecule has 30 heteroatoms. The molecule has 0 fully saturated rings. The zero-order valence-electron chi connectivity index (χ0n) is 47.1. The second kappa shape index (κ2) is 72.8. The van der Waals surface area contributed by atoms with Gasteiger partial charge in [-0.3, -0.25) is 62.3 Å². The first-order chi connectivity index (χ1) is 35.4. The highest BCUT2D eigenvalue weighted by molar-refractivity contribution is 7.99. The van der Waals surface area contributed by atoms with Crippen molar-refractivity contribution in [2.75, 3.05) is 98.1 Å². The van der Waals surface area contributed by atoms with Crippen LogP contribution in [0, 0.1) is 0 Å². The van der Waals surface area contributed by atoms with Gasteiger partial charge >= 0.3 is 71.6 Å². The maximum atomic E-state index is 10.6. The largest absolute Gasteiger partial charge is 0.466 e. The number of hydrogen-bond donors (Lipinski definition) is 0. The van der Waals surface area contributed by atoms with Crippen molar-refractivity contribution in [2.45, 2.75) is 117 Å². The van der Waals surface area contributed by atoms with E-state index in [2.05, 4.69) is 61.6 Å². The molecule has 0 saturated heterocycles. The lowest BCUT2D eigenvalue weighted by atomic mass is 10.3. The zero-order chi connectivity index (χ0) is 61.3. The zero-order valence-corrected chi connectivity index (χ0v) is 48.8. The van der Waals surface area contributed by atoms with Gasteiger partial charge in [-0.15, -0.1) is 23.5 Å². The number of methoxy groups -OCH3 is 2. The average molecular weight is 1150 g/mol. The number of ketones is 2. The number of thioether (sulfide) groups is 2. The Morgan fingerprint density at radius 1 is 0.368 bits per heavy atom. The summed E-state index contributed by atoms with van der Waals surface area (Å²) in [6.07, 6.45) is 2.01. The molecular formula is C46H82O28S2. The van der Waals surface area contributed by atoms with Crippen LogP contribution in [-0.2, 0) is 133 Å². The number of rotatable bonds is 23. The Bertz CT molecular complexity index is 1470. The smallest absolute Gasteiger partial charge is 0.344 e. The van der Waals surface area contributed by atoms with Crippen molar-refractivity contribution in [2.24, 2.45) is 0 Å². The molecule has 0 aliphatic rings. The minimum atomic E-state index is -0.551. The number of ether oxygens (including phenoxy) is 14. The van der Waals surface area contributed by atoms with Gasteiger partial charge in [0.05, 0.1) is 20.3 Å². The molecule has 76 heavy (non-hydrogen) atoms. The van der Waals surface area contributed by atoms with Crippen LogP contribution in [0.15, 0.2) is 0 Å². The first-order valence-electron chi connectivity index (χ1n) is 22.1. The van der Waals surface area contributed by atoms with Crippen LogP contribution in [0.3, 0.4) is 0 Å². The van der Waals surface area contributed by atoms with E-state index in [1.54, 1.807) is 32.5 Å². The molecule has 0 aliphatic heterocycles. The van der Waals surface area contributed by atoms with E-state index in [1.165, 1.54) is 95.2 Å². The van der Waals surface area contributed by atoms with Gasteiger partial charge < -0.3 is 66.3 Å². The molecule has 446 valence electrons. The second-order valence-electron chi connectivity index (χ2n) is 12.3. The van der Waals surface area contributed by atoms with E-state index in [4.69, 9.17) is 4.74 Å². The summed E-state index contributed by atoms with van der Waals surface area (Å²) in [5.41, 5.74) is 0. The van der Waals surface area contributed by atoms with Crippen molar-refractivity contribution in [1.82, 2.24) is 0 Å². The predicted octanol–water partition coefficient (Wildman–Crippen LogP) is 3.79. The number of carbonyl (C=O) groups excluding carboxylic acids is 14. The van der Waals surface area contributed by atoms with Crippen molar-refractivity contribution in [3.05, 3.63) is 0 Å². The summed E-state index contributed by atoms with van der Waals surface area (Å²) in [4.78, 5) is 142. The Morgan fingerprint density at radius 3 is 0.987 bits per heavy atom. The first kappa shape index (κ1) is 89.2. The van der Waals surface area contributed by atoms with E-state index in [0.717, 1.165) is 5.75 Å². The molecule has 0 atom stereocenters. The van der Waals surface area contributed by atoms with Gasteiger partial charge in [0.1, 0.15) is 31.5 Å². The molecule has 0 bridgehead atoms. The highest BCUT2D eigenvalue weighted by atomic mass is 32.2. The van der Waals surface area contributed by atoms with E-state index >= 15 is 0 Å². The summed E-state index contributed by atoms with van der Waals surface area (Å²) in [5.74, 6) is -3.13. The summed E-state index contributed by atoms with van der Waals surface area (Å²) < 4.78 is 61.7. The Morgan fingerprint density at radius 2 is 0.724 bits per heavy atom. The molecule has 0 heterocycles. The van der Waals surface area contributed by atoms with Gasteiger partial charge in [-0.05, 0) is 39.7 Å². The van der Waals surface area contributed by atoms with Gasteiger partial charge in [0, 0.05) is 82.5 Å². The van der Waals surface area contributed by atoms with Crippen LogP contribution in [0.2, 0.25) is 0 Å². The highest BCUT2D eigenvalue weighted by Gasteiger charge is 2.10. The fourth-order valence-corrected chi connectivity index (χ4v) is 2.84. The molecule has 0 aromatic heterocycles. The van der Waals surface area contributed by atoms with E-state index < -0.39 is 47.8 Å². The molecule has 0 aromatic rings. The summed E-state index contributed by atoms with van der Waals surface area (Å²) in [6.45, 7) is 22.6. The fraction of sp³-hybridized carbons (Fsp3) is 0.696. The quantitative estimate of drug-likeness (QED) is 0.0461. The minimum absolute atomic E-state index is 0.0507. The fourth-order valence-electron chi connectivity index (χ4n) is 2.14. The van der Waals surface area contributed by atoms with Crippen LogP contribution < -0.4 is 0 Å². The van der Waals surface area contributed by atoms with Crippen molar-refractivity contribution >= 4 is 107 Å². The number of carbonyl (C=O) groups is 14. The standard InChI is InChI=1S/C7H12O4.C6H10O3.2C5H8O4.C5H8O3.C5H10O3.C5H10O2S.C4H8O3.C4H8O2S/c1-3-10-6(8)5-7(9)11-4-2;1-3-6(8)4-9-5(2)7;1-4(6)9-3-5(7)8-2;1-4(6)8-3-9-5(2)7;1-4(6)3-8-5(2)7;1-3-7-4-8-5(2)6;1-3-8-4-7-5(2)6;1-4(5)7-3-6-2;1-4(5)6-3-7-2/h3-5H2,1-2H3;3-4H2,1-2H3;2*3H2,1-2H3;3H2,1-2H3;2*3-4H2,1-2H3;2*3H2,1-2H3. The van der Waals surface area contributed by atoms with Crippen LogP contribution >= 0.6 is 23.5 Å². The maximum Gasteiger partial charge on any atom is 0.344 e. The lowest BCUT2D eigenvalue weighted by Gasteiger charge is -2.00. The summed E-state index contributed by atoms with van der Waals surface area (Å²) in [5, 5.41) is 0. The van der Waals surface area contributed by atoms with Crippen molar-refractivity contribution in [1.29, 1.82) is 0 Å². The Balaban J connectivity index is -0.0000000952. The molecule has 28 nitrogen and oxygen atoms in total. The van der Waals surface area contributed by atoms with Crippen LogP contribution in [0.4, 0.5) is 0 Å². The van der Waals surface area contributed by atoms with Crippen LogP contribution in [-0.4, -0.2) is 181 Å². The van der Waals surface area contributed by atoms with E-state index in [9.17, 15) is 67.1 Å². The molecule has 0 unspecified atom stereocenters. The topological polar surface area (TPSA) is 368 Å². The minimum Gasteiger partial charge on any atom is -0.466 e. The lowest BCUT2D eigenvalue weighted by molar-refractivity contribution is -0.164. The SMILES string of the molecule is CC(=O)COC(C)=O.CC(=O)OCOC(C)=O.CCC(=O)COC(C)=O.CCOC(=O)CC(=O)OCC.CCOCOC(C)=O.CCSCOC(C)=O.COC(=O)COC(C)=O.COCOC(C)=O.CSCOC(C)=O. The van der Waals surface area contributed by atoms with Crippen molar-refractivity contribution < 1.29 is 133 Å².